The molecule has 186 valence electrons. The minimum Gasteiger partial charge on any atom is -0.495 e. The van der Waals surface area contributed by atoms with E-state index in [0.29, 0.717) is 17.8 Å². The van der Waals surface area contributed by atoms with Crippen molar-refractivity contribution in [3.63, 3.8) is 0 Å². The molecule has 0 spiro atoms. The number of nitrogens with zero attached hydrogens (tertiary/aromatic N) is 5. The molecule has 0 amide bonds. The number of halogens is 1. The molecular formula is C26H29BrN7OP. The Kier molecular flexibility index (Phi) is 7.06. The summed E-state index contributed by atoms with van der Waals surface area (Å²) in [6, 6.07) is 8.67. The zero-order chi connectivity index (χ0) is 25.4. The number of hydrogen-bond donors (Lipinski definition) is 2. The summed E-state index contributed by atoms with van der Waals surface area (Å²) in [5.74, 6) is 1.92. The van der Waals surface area contributed by atoms with E-state index in [-0.39, 0.29) is 0 Å². The van der Waals surface area contributed by atoms with Crippen LogP contribution in [0.2, 0.25) is 0 Å². The molecule has 10 heteroatoms. The van der Waals surface area contributed by atoms with Gasteiger partial charge in [-0.25, -0.2) is 4.98 Å². The van der Waals surface area contributed by atoms with Crippen LogP contribution in [0.25, 0.3) is 11.0 Å². The molecule has 8 nitrogen and oxygen atoms in total. The molecule has 0 fully saturated rings. The Hall–Kier alpha value is -2.87. The fourth-order valence-electron chi connectivity index (χ4n) is 4.58. The number of ether oxygens (including phenoxy) is 1. The standard InChI is InChI=1S/C26H29BrN7OP/c1-15-17-13-22(35-3)21(12-16(17)8-11-34(15)2)32-26-30-14-18(27)25(33-26)31-20-7-6-19-23(24(20)36(4)5)29-10-9-28-19/h6-7,9-10,12-15H,8,11H2,1-5H3,(H2,30,31,32,33). The van der Waals surface area contributed by atoms with Crippen LogP contribution in [0.5, 0.6) is 5.75 Å². The SMILES string of the molecule is COc1cc2c(cc1Nc1ncc(Br)c(Nc3ccc4nccnc4c3P(C)C)n1)CCN(C)C2C. The normalized spacial score (nSPS) is 15.7. The average Bonchev–Trinajstić information content (AvgIpc) is 2.87. The molecule has 2 aromatic carbocycles. The van der Waals surface area contributed by atoms with E-state index in [2.05, 4.69) is 85.8 Å². The maximum absolute atomic E-state index is 5.73. The molecule has 4 aromatic rings. The highest BCUT2D eigenvalue weighted by Crippen LogP contribution is 2.38. The summed E-state index contributed by atoms with van der Waals surface area (Å²) < 4.78 is 6.50. The summed E-state index contributed by atoms with van der Waals surface area (Å²) in [7, 11) is 3.40. The van der Waals surface area contributed by atoms with Gasteiger partial charge >= 0.3 is 0 Å². The van der Waals surface area contributed by atoms with Gasteiger partial charge in [0, 0.05) is 42.2 Å². The summed E-state index contributed by atoms with van der Waals surface area (Å²) in [4.78, 5) is 20.7. The number of aromatic nitrogens is 4. The molecule has 3 heterocycles. The second-order valence-electron chi connectivity index (χ2n) is 9.08. The Morgan fingerprint density at radius 3 is 2.67 bits per heavy atom. The van der Waals surface area contributed by atoms with Gasteiger partial charge in [-0.2, -0.15) is 4.98 Å². The van der Waals surface area contributed by atoms with Crippen LogP contribution >= 0.6 is 23.9 Å². The average molecular weight is 566 g/mol. The van der Waals surface area contributed by atoms with Gasteiger partial charge < -0.3 is 15.4 Å². The van der Waals surface area contributed by atoms with Crippen molar-refractivity contribution in [3.05, 3.63) is 58.5 Å². The molecule has 2 aromatic heterocycles. The van der Waals surface area contributed by atoms with E-state index in [1.807, 2.05) is 12.1 Å². The first-order chi connectivity index (χ1) is 17.4. The van der Waals surface area contributed by atoms with Gasteiger partial charge in [0.05, 0.1) is 28.3 Å². The van der Waals surface area contributed by atoms with Crippen LogP contribution in [0.4, 0.5) is 23.1 Å². The maximum Gasteiger partial charge on any atom is 0.229 e. The quantitative estimate of drug-likeness (QED) is 0.292. The van der Waals surface area contributed by atoms with Crippen molar-refractivity contribution in [2.75, 3.05) is 44.7 Å². The van der Waals surface area contributed by atoms with Crippen molar-refractivity contribution in [2.45, 2.75) is 19.4 Å². The highest BCUT2D eigenvalue weighted by Gasteiger charge is 2.23. The van der Waals surface area contributed by atoms with Crippen molar-refractivity contribution >= 4 is 63.3 Å². The zero-order valence-electron chi connectivity index (χ0n) is 21.0. The predicted octanol–water partition coefficient (Wildman–Crippen LogP) is 5.59. The van der Waals surface area contributed by atoms with Gasteiger partial charge in [0.1, 0.15) is 11.6 Å². The van der Waals surface area contributed by atoms with Gasteiger partial charge in [0.2, 0.25) is 5.95 Å². The van der Waals surface area contributed by atoms with Crippen molar-refractivity contribution in [2.24, 2.45) is 0 Å². The van der Waals surface area contributed by atoms with E-state index in [9.17, 15) is 0 Å². The molecule has 36 heavy (non-hydrogen) atoms. The Morgan fingerprint density at radius 2 is 1.89 bits per heavy atom. The molecule has 0 saturated carbocycles. The van der Waals surface area contributed by atoms with Crippen LogP contribution in [0.15, 0.2) is 47.3 Å². The minimum absolute atomic E-state index is 0.347. The lowest BCUT2D eigenvalue weighted by molar-refractivity contribution is 0.247. The lowest BCUT2D eigenvalue weighted by Gasteiger charge is -2.32. The third kappa shape index (κ3) is 4.75. The van der Waals surface area contributed by atoms with Crippen molar-refractivity contribution < 1.29 is 4.74 Å². The fraction of sp³-hybridized carbons (Fsp3) is 0.308. The molecule has 0 saturated heterocycles. The van der Waals surface area contributed by atoms with Gasteiger partial charge in [-0.05, 0) is 85.0 Å². The van der Waals surface area contributed by atoms with Crippen LogP contribution in [0, 0.1) is 0 Å². The van der Waals surface area contributed by atoms with Gasteiger partial charge in [0.15, 0.2) is 0 Å². The second-order valence-corrected chi connectivity index (χ2v) is 12.2. The van der Waals surface area contributed by atoms with Gasteiger partial charge in [-0.15, -0.1) is 0 Å². The molecule has 2 N–H and O–H groups in total. The van der Waals surface area contributed by atoms with Gasteiger partial charge in [0.25, 0.3) is 0 Å². The minimum atomic E-state index is -0.447. The number of methoxy groups -OCH3 is 1. The molecule has 0 bridgehead atoms. The lowest BCUT2D eigenvalue weighted by atomic mass is 9.93. The topological polar surface area (TPSA) is 88.1 Å². The number of anilines is 4. The van der Waals surface area contributed by atoms with Crippen LogP contribution in [-0.2, 0) is 6.42 Å². The molecular weight excluding hydrogens is 537 g/mol. The van der Waals surface area contributed by atoms with E-state index in [1.165, 1.54) is 11.1 Å². The van der Waals surface area contributed by atoms with E-state index in [4.69, 9.17) is 9.72 Å². The summed E-state index contributed by atoms with van der Waals surface area (Å²) in [6.45, 7) is 7.68. The van der Waals surface area contributed by atoms with E-state index in [0.717, 1.165) is 50.9 Å². The number of benzene rings is 2. The number of fused-ring (bicyclic) bond motifs is 2. The van der Waals surface area contributed by atoms with Crippen molar-refractivity contribution in [1.29, 1.82) is 0 Å². The summed E-state index contributed by atoms with van der Waals surface area (Å²) in [5.41, 5.74) is 6.25. The van der Waals surface area contributed by atoms with Crippen molar-refractivity contribution in [1.82, 2.24) is 24.8 Å². The Morgan fingerprint density at radius 1 is 1.08 bits per heavy atom. The third-order valence-corrected chi connectivity index (χ3v) is 8.54. The Bertz CT molecular complexity index is 1430. The van der Waals surface area contributed by atoms with E-state index in [1.54, 1.807) is 25.7 Å². The molecule has 1 aliphatic rings. The summed E-state index contributed by atoms with van der Waals surface area (Å²) in [5, 5.41) is 8.04. The van der Waals surface area contributed by atoms with E-state index < -0.39 is 7.92 Å². The van der Waals surface area contributed by atoms with Crippen LogP contribution in [0.3, 0.4) is 0 Å². The first-order valence-electron chi connectivity index (χ1n) is 11.7. The maximum atomic E-state index is 5.73. The smallest absolute Gasteiger partial charge is 0.229 e. The lowest BCUT2D eigenvalue weighted by Crippen LogP contribution is -2.30. The van der Waals surface area contributed by atoms with Gasteiger partial charge in [-0.3, -0.25) is 14.9 Å². The molecule has 1 unspecified atom stereocenters. The molecule has 0 radical (unpaired) electrons. The van der Waals surface area contributed by atoms with Crippen molar-refractivity contribution in [3.8, 4) is 5.75 Å². The van der Waals surface area contributed by atoms with Crippen LogP contribution in [-0.4, -0.2) is 58.9 Å². The first kappa shape index (κ1) is 24.8. The summed E-state index contributed by atoms with van der Waals surface area (Å²) >= 11 is 3.61. The fourth-order valence-corrected chi connectivity index (χ4v) is 6.08. The first-order valence-corrected chi connectivity index (χ1v) is 14.8. The Labute approximate surface area is 220 Å². The molecule has 0 aliphatic carbocycles. The second kappa shape index (κ2) is 10.2. The van der Waals surface area contributed by atoms with Gasteiger partial charge in [-0.1, -0.05) is 7.92 Å². The predicted molar refractivity (Wildman–Crippen MR) is 152 cm³/mol. The third-order valence-electron chi connectivity index (χ3n) is 6.61. The van der Waals surface area contributed by atoms with Crippen LogP contribution in [0.1, 0.15) is 24.1 Å². The number of likely N-dealkylation sites (N-methyl/N-ethyl adjacent to an activating group) is 1. The number of rotatable bonds is 6. The zero-order valence-corrected chi connectivity index (χ0v) is 23.5. The largest absolute Gasteiger partial charge is 0.495 e. The molecule has 5 rings (SSSR count). The molecule has 1 aliphatic heterocycles. The monoisotopic (exact) mass is 565 g/mol. The number of nitrogens with one attached hydrogen (secondary N) is 2. The highest BCUT2D eigenvalue weighted by atomic mass is 79.9. The Balaban J connectivity index is 1.48. The van der Waals surface area contributed by atoms with Crippen LogP contribution < -0.4 is 20.7 Å². The number of hydrogen-bond acceptors (Lipinski definition) is 8. The van der Waals surface area contributed by atoms with E-state index >= 15 is 0 Å². The summed E-state index contributed by atoms with van der Waals surface area (Å²) in [6.07, 6.45) is 6.20. The highest BCUT2D eigenvalue weighted by molar-refractivity contribution is 9.10. The molecule has 1 atom stereocenters.